The van der Waals surface area contributed by atoms with Gasteiger partial charge in [-0.25, -0.2) is 0 Å². The number of rotatable bonds is 4. The largest absolute Gasteiger partial charge is 0.358 e. The summed E-state index contributed by atoms with van der Waals surface area (Å²) >= 11 is 4.71. The van der Waals surface area contributed by atoms with Crippen molar-refractivity contribution < 1.29 is 0 Å². The van der Waals surface area contributed by atoms with Crippen molar-refractivity contribution in [3.8, 4) is 0 Å². The molecule has 0 atom stereocenters. The lowest BCUT2D eigenvalue weighted by Gasteiger charge is -2.01. The quantitative estimate of drug-likeness (QED) is 0.901. The van der Waals surface area contributed by atoms with Gasteiger partial charge in [-0.2, -0.15) is 0 Å². The summed E-state index contributed by atoms with van der Waals surface area (Å²) in [5, 5.41) is 19.1. The molecule has 0 spiro atoms. The fraction of sp³-hybridized carbons (Fsp3) is 0.333. The molecule has 1 N–H and O–H groups in total. The van der Waals surface area contributed by atoms with E-state index in [9.17, 15) is 0 Å². The fourth-order valence-corrected chi connectivity index (χ4v) is 1.94. The zero-order valence-corrected chi connectivity index (χ0v) is 9.49. The summed E-state index contributed by atoms with van der Waals surface area (Å²) in [4.78, 5) is 0. The molecule has 0 fully saturated rings. The van der Waals surface area contributed by atoms with Gasteiger partial charge in [-0.1, -0.05) is 11.3 Å². The number of aromatic nitrogens is 5. The molecule has 0 amide bonds. The molecule has 2 rings (SSSR count). The van der Waals surface area contributed by atoms with Gasteiger partial charge in [-0.05, 0) is 15.9 Å². The van der Waals surface area contributed by atoms with Crippen molar-refractivity contribution in [2.75, 3.05) is 11.9 Å². The summed E-state index contributed by atoms with van der Waals surface area (Å²) in [5.41, 5.74) is 0. The van der Waals surface area contributed by atoms with Gasteiger partial charge in [0.25, 0.3) is 0 Å². The molecule has 8 heteroatoms. The van der Waals surface area contributed by atoms with E-state index in [0.29, 0.717) is 0 Å². The number of hydrogen-bond donors (Lipinski definition) is 1. The van der Waals surface area contributed by atoms with Crippen LogP contribution in [0.2, 0.25) is 0 Å². The number of nitrogens with zero attached hydrogens (tertiary/aromatic N) is 5. The first kappa shape index (κ1) is 9.53. The molecule has 0 unspecified atom stereocenters. The van der Waals surface area contributed by atoms with E-state index in [2.05, 4.69) is 41.6 Å². The maximum atomic E-state index is 3.90. The highest BCUT2D eigenvalue weighted by Gasteiger charge is 1.99. The standard InChI is InChI=1S/C6H7BrN6S/c7-5-11-12-6(14-5)8-1-2-13-3-9-10-4-13/h3-4H,1-2H2,(H,8,12). The zero-order chi connectivity index (χ0) is 9.80. The zero-order valence-electron chi connectivity index (χ0n) is 7.09. The van der Waals surface area contributed by atoms with Gasteiger partial charge in [-0.15, -0.1) is 20.4 Å². The van der Waals surface area contributed by atoms with E-state index in [4.69, 9.17) is 0 Å². The van der Waals surface area contributed by atoms with Crippen LogP contribution in [-0.2, 0) is 6.54 Å². The van der Waals surface area contributed by atoms with E-state index in [1.807, 2.05) is 4.57 Å². The Morgan fingerprint density at radius 1 is 1.36 bits per heavy atom. The van der Waals surface area contributed by atoms with E-state index < -0.39 is 0 Å². The van der Waals surface area contributed by atoms with E-state index >= 15 is 0 Å². The van der Waals surface area contributed by atoms with Gasteiger partial charge >= 0.3 is 0 Å². The van der Waals surface area contributed by atoms with Crippen LogP contribution in [0.3, 0.4) is 0 Å². The van der Waals surface area contributed by atoms with Crippen LogP contribution in [0.15, 0.2) is 16.6 Å². The van der Waals surface area contributed by atoms with Crippen LogP contribution in [0, 0.1) is 0 Å². The molecule has 0 aromatic carbocycles. The highest BCUT2D eigenvalue weighted by Crippen LogP contribution is 2.19. The van der Waals surface area contributed by atoms with Gasteiger partial charge in [0.05, 0.1) is 0 Å². The van der Waals surface area contributed by atoms with Gasteiger partial charge in [0.2, 0.25) is 5.13 Å². The monoisotopic (exact) mass is 274 g/mol. The highest BCUT2D eigenvalue weighted by molar-refractivity contribution is 9.11. The van der Waals surface area contributed by atoms with Gasteiger partial charge in [0.1, 0.15) is 12.7 Å². The van der Waals surface area contributed by atoms with Crippen molar-refractivity contribution in [3.05, 3.63) is 16.6 Å². The van der Waals surface area contributed by atoms with Gasteiger partial charge in [0.15, 0.2) is 3.92 Å². The minimum absolute atomic E-state index is 0.777. The molecule has 0 bridgehead atoms. The molecule has 0 aliphatic carbocycles. The molecule has 0 radical (unpaired) electrons. The van der Waals surface area contributed by atoms with Crippen molar-refractivity contribution in [2.45, 2.75) is 6.54 Å². The van der Waals surface area contributed by atoms with Crippen LogP contribution in [0.25, 0.3) is 0 Å². The van der Waals surface area contributed by atoms with Crippen LogP contribution in [0.4, 0.5) is 5.13 Å². The molecule has 0 saturated heterocycles. The van der Waals surface area contributed by atoms with E-state index in [0.717, 1.165) is 22.1 Å². The number of hydrogen-bond acceptors (Lipinski definition) is 6. The minimum atomic E-state index is 0.777. The lowest BCUT2D eigenvalue weighted by atomic mass is 10.6. The molecule has 14 heavy (non-hydrogen) atoms. The molecule has 2 heterocycles. The van der Waals surface area contributed by atoms with E-state index in [-0.39, 0.29) is 0 Å². The Hall–Kier alpha value is -1.02. The average molecular weight is 275 g/mol. The summed E-state index contributed by atoms with van der Waals surface area (Å²) in [5.74, 6) is 0. The number of anilines is 1. The fourth-order valence-electron chi connectivity index (χ4n) is 0.906. The Bertz CT molecular complexity index is 385. The van der Waals surface area contributed by atoms with Crippen LogP contribution in [0.5, 0.6) is 0 Å². The van der Waals surface area contributed by atoms with Gasteiger partial charge < -0.3 is 9.88 Å². The smallest absolute Gasteiger partial charge is 0.206 e. The van der Waals surface area contributed by atoms with Crippen molar-refractivity contribution in [3.63, 3.8) is 0 Å². The Labute approximate surface area is 92.5 Å². The molecule has 74 valence electrons. The number of nitrogens with one attached hydrogen (secondary N) is 1. The third kappa shape index (κ3) is 2.48. The molecular weight excluding hydrogens is 268 g/mol. The predicted molar refractivity (Wildman–Crippen MR) is 56.1 cm³/mol. The molecule has 2 aromatic rings. The first-order valence-electron chi connectivity index (χ1n) is 3.90. The molecular formula is C6H7BrN6S. The maximum Gasteiger partial charge on any atom is 0.206 e. The van der Waals surface area contributed by atoms with Crippen molar-refractivity contribution in [2.24, 2.45) is 0 Å². The topological polar surface area (TPSA) is 68.5 Å². The first-order valence-corrected chi connectivity index (χ1v) is 5.51. The van der Waals surface area contributed by atoms with Crippen molar-refractivity contribution in [1.29, 1.82) is 0 Å². The number of halogens is 1. The summed E-state index contributed by atoms with van der Waals surface area (Å²) in [6.07, 6.45) is 3.36. The molecule has 0 saturated carbocycles. The highest BCUT2D eigenvalue weighted by atomic mass is 79.9. The normalized spacial score (nSPS) is 10.4. The lowest BCUT2D eigenvalue weighted by Crippen LogP contribution is -2.08. The minimum Gasteiger partial charge on any atom is -0.358 e. The summed E-state index contributed by atoms with van der Waals surface area (Å²) < 4.78 is 2.67. The lowest BCUT2D eigenvalue weighted by molar-refractivity contribution is 0.723. The Balaban J connectivity index is 1.78. The maximum absolute atomic E-state index is 3.90. The second-order valence-corrected chi connectivity index (χ2v) is 4.74. The van der Waals surface area contributed by atoms with Crippen LogP contribution in [-0.4, -0.2) is 31.5 Å². The van der Waals surface area contributed by atoms with Crippen LogP contribution < -0.4 is 5.32 Å². The van der Waals surface area contributed by atoms with Crippen LogP contribution in [0.1, 0.15) is 0 Å². The predicted octanol–water partition coefficient (Wildman–Crippen LogP) is 1.00. The van der Waals surface area contributed by atoms with Gasteiger partial charge in [-0.3, -0.25) is 0 Å². The molecule has 0 aliphatic rings. The van der Waals surface area contributed by atoms with E-state index in [1.54, 1.807) is 12.7 Å². The Kier molecular flexibility index (Phi) is 3.04. The second-order valence-electron chi connectivity index (χ2n) is 2.49. The first-order chi connectivity index (χ1) is 6.84. The third-order valence-corrected chi connectivity index (χ3v) is 2.83. The van der Waals surface area contributed by atoms with Gasteiger partial charge in [0, 0.05) is 13.1 Å². The molecule has 0 aliphatic heterocycles. The molecule has 2 aromatic heterocycles. The summed E-state index contributed by atoms with van der Waals surface area (Å²) in [7, 11) is 0. The Morgan fingerprint density at radius 2 is 2.14 bits per heavy atom. The third-order valence-electron chi connectivity index (χ3n) is 1.51. The van der Waals surface area contributed by atoms with Crippen molar-refractivity contribution in [1.82, 2.24) is 25.0 Å². The second kappa shape index (κ2) is 4.47. The SMILES string of the molecule is Brc1nnc(NCCn2cnnc2)s1. The van der Waals surface area contributed by atoms with Crippen molar-refractivity contribution >= 4 is 32.4 Å². The average Bonchev–Trinajstić information content (AvgIpc) is 2.77. The Morgan fingerprint density at radius 3 is 2.79 bits per heavy atom. The van der Waals surface area contributed by atoms with Crippen LogP contribution >= 0.6 is 27.3 Å². The molecule has 6 nitrogen and oxygen atoms in total. The van der Waals surface area contributed by atoms with E-state index in [1.165, 1.54) is 11.3 Å². The summed E-state index contributed by atoms with van der Waals surface area (Å²) in [6, 6.07) is 0. The summed E-state index contributed by atoms with van der Waals surface area (Å²) in [6.45, 7) is 1.59.